The van der Waals surface area contributed by atoms with E-state index in [0.29, 0.717) is 24.3 Å². The number of rotatable bonds is 5. The highest BCUT2D eigenvalue weighted by molar-refractivity contribution is 7.99. The average Bonchev–Trinajstić information content (AvgIpc) is 2.86. The largest absolute Gasteiger partial charge is 0.368 e. The maximum atomic E-state index is 5.60. The monoisotopic (exact) mass is 257 g/mol. The summed E-state index contributed by atoms with van der Waals surface area (Å²) in [5.74, 6) is 3.28. The van der Waals surface area contributed by atoms with Crippen LogP contribution < -0.4 is 5.32 Å². The van der Waals surface area contributed by atoms with Crippen molar-refractivity contribution in [3.8, 4) is 0 Å². The molecule has 0 radical (unpaired) electrons. The summed E-state index contributed by atoms with van der Waals surface area (Å²) in [6.07, 6.45) is 1.08. The summed E-state index contributed by atoms with van der Waals surface area (Å²) < 4.78 is 10.8. The number of nitrogens with zero attached hydrogens (tertiary/aromatic N) is 2. The summed E-state index contributed by atoms with van der Waals surface area (Å²) >= 11 is 1.87. The Hall–Kier alpha value is -0.590. The van der Waals surface area contributed by atoms with Crippen molar-refractivity contribution < 1.29 is 9.26 Å². The van der Waals surface area contributed by atoms with Gasteiger partial charge in [0.15, 0.2) is 0 Å². The zero-order chi connectivity index (χ0) is 12.1. The van der Waals surface area contributed by atoms with E-state index in [-0.39, 0.29) is 6.10 Å². The van der Waals surface area contributed by atoms with E-state index in [9.17, 15) is 0 Å². The second kappa shape index (κ2) is 6.37. The standard InChI is InChI=1S/C11H19N3O2S/c1-3-8(2)12-6-10-13-11(14-16-10)9-7-17-5-4-15-9/h8-9,12H,3-7H2,1-2H3. The molecule has 1 aliphatic heterocycles. The Balaban J connectivity index is 1.86. The van der Waals surface area contributed by atoms with Crippen LogP contribution in [0.1, 0.15) is 38.1 Å². The molecule has 1 aliphatic rings. The van der Waals surface area contributed by atoms with Gasteiger partial charge in [-0.25, -0.2) is 0 Å². The minimum Gasteiger partial charge on any atom is -0.368 e. The number of ether oxygens (including phenoxy) is 1. The van der Waals surface area contributed by atoms with Gasteiger partial charge in [0.1, 0.15) is 6.10 Å². The molecule has 6 heteroatoms. The predicted molar refractivity (Wildman–Crippen MR) is 66.9 cm³/mol. The number of hydrogen-bond donors (Lipinski definition) is 1. The number of hydrogen-bond acceptors (Lipinski definition) is 6. The fourth-order valence-electron chi connectivity index (χ4n) is 1.51. The molecule has 0 spiro atoms. The first-order chi connectivity index (χ1) is 8.29. The van der Waals surface area contributed by atoms with Crippen LogP contribution in [0.2, 0.25) is 0 Å². The lowest BCUT2D eigenvalue weighted by Crippen LogP contribution is -2.24. The molecule has 2 atom stereocenters. The Bertz CT molecular complexity index is 339. The molecule has 0 saturated carbocycles. The van der Waals surface area contributed by atoms with Crippen LogP contribution in [-0.2, 0) is 11.3 Å². The third kappa shape index (κ3) is 3.69. The molecule has 1 aromatic heterocycles. The Kier molecular flexibility index (Phi) is 4.82. The molecule has 0 aliphatic carbocycles. The van der Waals surface area contributed by atoms with Crippen molar-refractivity contribution in [3.63, 3.8) is 0 Å². The highest BCUT2D eigenvalue weighted by atomic mass is 32.2. The van der Waals surface area contributed by atoms with Crippen LogP contribution in [0.3, 0.4) is 0 Å². The second-order valence-electron chi connectivity index (χ2n) is 4.17. The van der Waals surface area contributed by atoms with E-state index in [1.165, 1.54) is 0 Å². The minimum atomic E-state index is -0.00477. The molecule has 1 saturated heterocycles. The zero-order valence-corrected chi connectivity index (χ0v) is 11.1. The van der Waals surface area contributed by atoms with E-state index < -0.39 is 0 Å². The second-order valence-corrected chi connectivity index (χ2v) is 5.32. The summed E-state index contributed by atoms with van der Waals surface area (Å²) in [6.45, 7) is 5.67. The maximum absolute atomic E-state index is 5.60. The average molecular weight is 257 g/mol. The summed E-state index contributed by atoms with van der Waals surface area (Å²) in [7, 11) is 0. The third-order valence-electron chi connectivity index (χ3n) is 2.80. The molecule has 96 valence electrons. The number of aromatic nitrogens is 2. The molecular formula is C11H19N3O2S. The first kappa shape index (κ1) is 12.9. The first-order valence-electron chi connectivity index (χ1n) is 6.04. The van der Waals surface area contributed by atoms with Crippen LogP contribution in [0.4, 0.5) is 0 Å². The lowest BCUT2D eigenvalue weighted by Gasteiger charge is -2.18. The van der Waals surface area contributed by atoms with Gasteiger partial charge in [0.25, 0.3) is 0 Å². The van der Waals surface area contributed by atoms with Crippen molar-refractivity contribution in [2.24, 2.45) is 0 Å². The molecule has 1 aromatic rings. The van der Waals surface area contributed by atoms with Gasteiger partial charge in [0, 0.05) is 17.5 Å². The van der Waals surface area contributed by atoms with E-state index in [4.69, 9.17) is 9.26 Å². The molecule has 5 nitrogen and oxygen atoms in total. The Labute approximate surface area is 106 Å². The zero-order valence-electron chi connectivity index (χ0n) is 10.3. The minimum absolute atomic E-state index is 0.00477. The molecule has 1 N–H and O–H groups in total. The first-order valence-corrected chi connectivity index (χ1v) is 7.20. The van der Waals surface area contributed by atoms with Gasteiger partial charge in [-0.1, -0.05) is 12.1 Å². The topological polar surface area (TPSA) is 60.2 Å². The third-order valence-corrected chi connectivity index (χ3v) is 3.80. The SMILES string of the molecule is CCC(C)NCc1nc(C2CSCCO2)no1. The number of thioether (sulfide) groups is 1. The van der Waals surface area contributed by atoms with Crippen LogP contribution >= 0.6 is 11.8 Å². The highest BCUT2D eigenvalue weighted by Crippen LogP contribution is 2.24. The van der Waals surface area contributed by atoms with E-state index in [1.54, 1.807) is 0 Å². The van der Waals surface area contributed by atoms with Gasteiger partial charge in [-0.05, 0) is 13.3 Å². The summed E-state index contributed by atoms with van der Waals surface area (Å²) in [4.78, 5) is 4.36. The molecule has 2 unspecified atom stereocenters. The van der Waals surface area contributed by atoms with Gasteiger partial charge in [-0.15, -0.1) is 0 Å². The van der Waals surface area contributed by atoms with E-state index >= 15 is 0 Å². The van der Waals surface area contributed by atoms with E-state index in [0.717, 1.165) is 24.5 Å². The van der Waals surface area contributed by atoms with Crippen molar-refractivity contribution in [1.82, 2.24) is 15.5 Å². The molecule has 17 heavy (non-hydrogen) atoms. The van der Waals surface area contributed by atoms with E-state index in [1.807, 2.05) is 11.8 Å². The maximum Gasteiger partial charge on any atom is 0.240 e. The molecular weight excluding hydrogens is 238 g/mol. The Morgan fingerprint density at radius 3 is 3.18 bits per heavy atom. The molecule has 2 rings (SSSR count). The van der Waals surface area contributed by atoms with Gasteiger partial charge in [0.2, 0.25) is 11.7 Å². The molecule has 0 bridgehead atoms. The Morgan fingerprint density at radius 2 is 2.47 bits per heavy atom. The Morgan fingerprint density at radius 1 is 1.59 bits per heavy atom. The molecule has 0 amide bonds. The van der Waals surface area contributed by atoms with Crippen molar-refractivity contribution in [3.05, 3.63) is 11.7 Å². The fraction of sp³-hybridized carbons (Fsp3) is 0.818. The van der Waals surface area contributed by atoms with E-state index in [2.05, 4.69) is 29.3 Å². The lowest BCUT2D eigenvalue weighted by atomic mass is 10.3. The van der Waals surface area contributed by atoms with Gasteiger partial charge < -0.3 is 14.6 Å². The highest BCUT2D eigenvalue weighted by Gasteiger charge is 2.21. The van der Waals surface area contributed by atoms with Gasteiger partial charge in [-0.2, -0.15) is 16.7 Å². The van der Waals surface area contributed by atoms with Crippen LogP contribution in [0.15, 0.2) is 4.52 Å². The van der Waals surface area contributed by atoms with Crippen LogP contribution in [0.25, 0.3) is 0 Å². The van der Waals surface area contributed by atoms with Gasteiger partial charge >= 0.3 is 0 Å². The quantitative estimate of drug-likeness (QED) is 0.867. The van der Waals surface area contributed by atoms with Crippen LogP contribution in [-0.4, -0.2) is 34.3 Å². The summed E-state index contributed by atoms with van der Waals surface area (Å²) in [5, 5.41) is 7.30. The van der Waals surface area contributed by atoms with Crippen molar-refractivity contribution in [2.45, 2.75) is 39.0 Å². The van der Waals surface area contributed by atoms with Crippen LogP contribution in [0, 0.1) is 0 Å². The summed E-state index contributed by atoms with van der Waals surface area (Å²) in [6, 6.07) is 0.465. The smallest absolute Gasteiger partial charge is 0.240 e. The summed E-state index contributed by atoms with van der Waals surface area (Å²) in [5.41, 5.74) is 0. The number of nitrogens with one attached hydrogen (secondary N) is 1. The molecule has 1 fully saturated rings. The molecule has 2 heterocycles. The van der Waals surface area contributed by atoms with Crippen LogP contribution in [0.5, 0.6) is 0 Å². The van der Waals surface area contributed by atoms with Gasteiger partial charge in [-0.3, -0.25) is 0 Å². The van der Waals surface area contributed by atoms with Crippen molar-refractivity contribution >= 4 is 11.8 Å². The fourth-order valence-corrected chi connectivity index (χ4v) is 2.35. The normalized spacial score (nSPS) is 22.6. The van der Waals surface area contributed by atoms with Gasteiger partial charge in [0.05, 0.1) is 13.2 Å². The lowest BCUT2D eigenvalue weighted by molar-refractivity contribution is 0.0677. The molecule has 0 aromatic carbocycles. The predicted octanol–water partition coefficient (Wildman–Crippen LogP) is 1.76. The van der Waals surface area contributed by atoms with Crippen molar-refractivity contribution in [2.75, 3.05) is 18.1 Å². The van der Waals surface area contributed by atoms with Crippen molar-refractivity contribution in [1.29, 1.82) is 0 Å².